The van der Waals surface area contributed by atoms with Gasteiger partial charge in [0.25, 0.3) is 5.91 Å². The van der Waals surface area contributed by atoms with Crippen LogP contribution in [0, 0.1) is 0 Å². The number of carbonyl (C=O) groups excluding carboxylic acids is 2. The molecule has 184 valence electrons. The van der Waals surface area contributed by atoms with E-state index in [0.29, 0.717) is 57.2 Å². The molecule has 2 aromatic carbocycles. The van der Waals surface area contributed by atoms with Crippen molar-refractivity contribution in [2.75, 3.05) is 40.3 Å². The summed E-state index contributed by atoms with van der Waals surface area (Å²) in [6.45, 7) is 0.375. The number of methoxy groups -OCH3 is 4. The topological polar surface area (TPSA) is 121 Å². The van der Waals surface area contributed by atoms with Crippen LogP contribution in [0.3, 0.4) is 0 Å². The van der Waals surface area contributed by atoms with Gasteiger partial charge in [-0.15, -0.1) is 10.2 Å². The minimum Gasteiger partial charge on any atom is -0.497 e. The molecule has 3 aromatic rings. The molecular formula is C24H26N4O6S. The van der Waals surface area contributed by atoms with E-state index in [1.807, 2.05) is 0 Å². The van der Waals surface area contributed by atoms with Gasteiger partial charge in [-0.25, -0.2) is 0 Å². The van der Waals surface area contributed by atoms with Gasteiger partial charge in [-0.05, 0) is 42.0 Å². The van der Waals surface area contributed by atoms with Crippen LogP contribution in [0.4, 0.5) is 5.13 Å². The molecule has 0 bridgehead atoms. The number of ether oxygens (including phenoxy) is 4. The Morgan fingerprint density at radius 2 is 1.71 bits per heavy atom. The van der Waals surface area contributed by atoms with Gasteiger partial charge in [-0.3, -0.25) is 14.9 Å². The number of rotatable bonds is 11. The van der Waals surface area contributed by atoms with Gasteiger partial charge in [0, 0.05) is 24.6 Å². The number of carbonyl (C=O) groups is 2. The van der Waals surface area contributed by atoms with Gasteiger partial charge in [0.15, 0.2) is 11.5 Å². The quantitative estimate of drug-likeness (QED) is 0.387. The Morgan fingerprint density at radius 1 is 0.971 bits per heavy atom. The van der Waals surface area contributed by atoms with E-state index in [1.54, 1.807) is 49.6 Å². The monoisotopic (exact) mass is 498 g/mol. The van der Waals surface area contributed by atoms with Gasteiger partial charge in [0.1, 0.15) is 10.8 Å². The summed E-state index contributed by atoms with van der Waals surface area (Å²) in [5.74, 6) is 1.48. The molecule has 0 spiro atoms. The standard InChI is InChI=1S/C24H26N4O6S/c1-31-17-7-5-6-16(14-17)23(30)25-11-10-21-27-28-24(35-21)26-20(29)9-8-15-12-18(32-2)22(34-4)19(13-15)33-3/h5-9,12-14H,10-11H2,1-4H3,(H,25,30)(H,26,28,29)/b9-8+. The van der Waals surface area contributed by atoms with Crippen LogP contribution in [0.1, 0.15) is 20.9 Å². The molecule has 0 fully saturated rings. The fourth-order valence-electron chi connectivity index (χ4n) is 3.07. The molecule has 0 unspecified atom stereocenters. The Morgan fingerprint density at radius 3 is 2.37 bits per heavy atom. The molecule has 2 N–H and O–H groups in total. The molecular weight excluding hydrogens is 472 g/mol. The van der Waals surface area contributed by atoms with Crippen LogP contribution in [0.15, 0.2) is 42.5 Å². The molecule has 0 aliphatic heterocycles. The highest BCUT2D eigenvalue weighted by molar-refractivity contribution is 7.15. The van der Waals surface area contributed by atoms with Crippen molar-refractivity contribution in [3.63, 3.8) is 0 Å². The Bertz CT molecular complexity index is 1190. The average Bonchev–Trinajstić information content (AvgIpc) is 3.33. The number of hydrogen-bond acceptors (Lipinski definition) is 9. The summed E-state index contributed by atoms with van der Waals surface area (Å²) in [5, 5.41) is 14.6. The largest absolute Gasteiger partial charge is 0.497 e. The van der Waals surface area contributed by atoms with Crippen LogP contribution in [0.5, 0.6) is 23.0 Å². The molecule has 1 heterocycles. The summed E-state index contributed by atoms with van der Waals surface area (Å²) in [6, 6.07) is 10.4. The van der Waals surface area contributed by atoms with Crippen LogP contribution >= 0.6 is 11.3 Å². The van der Waals surface area contributed by atoms with Gasteiger partial charge in [-0.1, -0.05) is 17.4 Å². The van der Waals surface area contributed by atoms with E-state index in [0.717, 1.165) is 0 Å². The molecule has 0 atom stereocenters. The zero-order chi connectivity index (χ0) is 25.2. The van der Waals surface area contributed by atoms with Crippen molar-refractivity contribution in [3.8, 4) is 23.0 Å². The maximum atomic E-state index is 12.3. The molecule has 11 heteroatoms. The Hall–Kier alpha value is -4.12. The SMILES string of the molecule is COc1cccc(C(=O)NCCc2nnc(NC(=O)/C=C/c3cc(OC)c(OC)c(OC)c3)s2)c1. The molecule has 1 aromatic heterocycles. The predicted octanol–water partition coefficient (Wildman–Crippen LogP) is 3.20. The first-order chi connectivity index (χ1) is 17.0. The van der Waals surface area contributed by atoms with Gasteiger partial charge < -0.3 is 24.3 Å². The summed E-state index contributed by atoms with van der Waals surface area (Å²) in [7, 11) is 6.11. The first kappa shape index (κ1) is 25.5. The fourth-order valence-corrected chi connectivity index (χ4v) is 3.81. The van der Waals surface area contributed by atoms with Crippen molar-refractivity contribution in [2.24, 2.45) is 0 Å². The van der Waals surface area contributed by atoms with Crippen LogP contribution in [0.2, 0.25) is 0 Å². The van der Waals surface area contributed by atoms with E-state index in [2.05, 4.69) is 20.8 Å². The lowest BCUT2D eigenvalue weighted by Gasteiger charge is -2.12. The first-order valence-electron chi connectivity index (χ1n) is 10.5. The molecule has 10 nitrogen and oxygen atoms in total. The van der Waals surface area contributed by atoms with Gasteiger partial charge >= 0.3 is 0 Å². The van der Waals surface area contributed by atoms with Crippen molar-refractivity contribution >= 4 is 34.4 Å². The first-order valence-corrected chi connectivity index (χ1v) is 11.3. The number of amides is 2. The zero-order valence-corrected chi connectivity index (χ0v) is 20.6. The molecule has 3 rings (SSSR count). The van der Waals surface area contributed by atoms with Crippen LogP contribution in [-0.4, -0.2) is 57.0 Å². The predicted molar refractivity (Wildman–Crippen MR) is 133 cm³/mol. The lowest BCUT2D eigenvalue weighted by molar-refractivity contribution is -0.111. The third-order valence-electron chi connectivity index (χ3n) is 4.77. The number of anilines is 1. The highest BCUT2D eigenvalue weighted by Gasteiger charge is 2.13. The summed E-state index contributed by atoms with van der Waals surface area (Å²) in [6.07, 6.45) is 3.47. The molecule has 35 heavy (non-hydrogen) atoms. The second-order valence-electron chi connectivity index (χ2n) is 7.02. The number of nitrogens with one attached hydrogen (secondary N) is 2. The molecule has 2 amide bonds. The second-order valence-corrected chi connectivity index (χ2v) is 8.08. The van der Waals surface area contributed by atoms with E-state index in [4.69, 9.17) is 18.9 Å². The molecule has 0 saturated carbocycles. The van der Waals surface area contributed by atoms with Crippen LogP contribution in [0.25, 0.3) is 6.08 Å². The Kier molecular flexibility index (Phi) is 9.02. The van der Waals surface area contributed by atoms with Crippen molar-refractivity contribution in [1.29, 1.82) is 0 Å². The highest BCUT2D eigenvalue weighted by Crippen LogP contribution is 2.38. The van der Waals surface area contributed by atoms with E-state index < -0.39 is 0 Å². The molecule has 0 aliphatic rings. The Labute approximate surface area is 206 Å². The molecule has 0 radical (unpaired) electrons. The summed E-state index contributed by atoms with van der Waals surface area (Å²) < 4.78 is 21.1. The van der Waals surface area contributed by atoms with E-state index >= 15 is 0 Å². The maximum absolute atomic E-state index is 12.3. The molecule has 0 saturated heterocycles. The van der Waals surface area contributed by atoms with Gasteiger partial charge in [-0.2, -0.15) is 0 Å². The van der Waals surface area contributed by atoms with Crippen molar-refractivity contribution in [2.45, 2.75) is 6.42 Å². The van der Waals surface area contributed by atoms with Crippen molar-refractivity contribution in [1.82, 2.24) is 15.5 Å². The van der Waals surface area contributed by atoms with Crippen molar-refractivity contribution < 1.29 is 28.5 Å². The lowest BCUT2D eigenvalue weighted by atomic mass is 10.1. The maximum Gasteiger partial charge on any atom is 0.251 e. The van der Waals surface area contributed by atoms with Gasteiger partial charge in [0.2, 0.25) is 16.8 Å². The number of aromatic nitrogens is 2. The fraction of sp³-hybridized carbons (Fsp3) is 0.250. The highest BCUT2D eigenvalue weighted by atomic mass is 32.1. The normalized spacial score (nSPS) is 10.6. The average molecular weight is 499 g/mol. The minimum absolute atomic E-state index is 0.209. The van der Waals surface area contributed by atoms with Crippen LogP contribution < -0.4 is 29.6 Å². The summed E-state index contributed by atoms with van der Waals surface area (Å²) >= 11 is 1.24. The van der Waals surface area contributed by atoms with Gasteiger partial charge in [0.05, 0.1) is 28.4 Å². The lowest BCUT2D eigenvalue weighted by Crippen LogP contribution is -2.25. The molecule has 0 aliphatic carbocycles. The number of benzene rings is 2. The number of nitrogens with zero attached hydrogens (tertiary/aromatic N) is 2. The van der Waals surface area contributed by atoms with E-state index in [1.165, 1.54) is 38.7 Å². The second kappa shape index (κ2) is 12.4. The van der Waals surface area contributed by atoms with Crippen LogP contribution in [-0.2, 0) is 11.2 Å². The van der Waals surface area contributed by atoms with Crippen molar-refractivity contribution in [3.05, 3.63) is 58.6 Å². The summed E-state index contributed by atoms with van der Waals surface area (Å²) in [5.41, 5.74) is 1.20. The summed E-state index contributed by atoms with van der Waals surface area (Å²) in [4.78, 5) is 24.6. The zero-order valence-electron chi connectivity index (χ0n) is 19.8. The number of hydrogen-bond donors (Lipinski definition) is 2. The van der Waals surface area contributed by atoms with E-state index in [9.17, 15) is 9.59 Å². The van der Waals surface area contributed by atoms with E-state index in [-0.39, 0.29) is 11.8 Å². The minimum atomic E-state index is -0.368. The third-order valence-corrected chi connectivity index (χ3v) is 5.67. The Balaban J connectivity index is 1.53. The third kappa shape index (κ3) is 6.93. The smallest absolute Gasteiger partial charge is 0.251 e.